The van der Waals surface area contributed by atoms with E-state index in [2.05, 4.69) is 12.1 Å². The molecule has 1 heterocycles. The molecule has 4 heteroatoms. The zero-order chi connectivity index (χ0) is 14.0. The smallest absolute Gasteiger partial charge is 0.324 e. The number of carbonyl (C=O) groups excluding carboxylic acids is 1. The van der Waals surface area contributed by atoms with E-state index in [1.54, 1.807) is 0 Å². The lowest BCUT2D eigenvalue weighted by atomic mass is 10.1. The van der Waals surface area contributed by atoms with Gasteiger partial charge in [-0.05, 0) is 44.9 Å². The summed E-state index contributed by atoms with van der Waals surface area (Å²) in [5, 5.41) is 0. The van der Waals surface area contributed by atoms with E-state index in [4.69, 9.17) is 5.73 Å². The quantitative estimate of drug-likeness (QED) is 0.903. The van der Waals surface area contributed by atoms with E-state index in [-0.39, 0.29) is 18.1 Å². The summed E-state index contributed by atoms with van der Waals surface area (Å²) in [6.07, 6.45) is 0.837. The SMILES string of the molecule is CC(N)Cc1cccc(N2CCN(C(C)C)C2=O)c1. The molecule has 0 radical (unpaired) electrons. The lowest BCUT2D eigenvalue weighted by molar-refractivity contribution is 0.209. The molecule has 0 saturated carbocycles. The topological polar surface area (TPSA) is 49.6 Å². The summed E-state index contributed by atoms with van der Waals surface area (Å²) in [5.41, 5.74) is 7.99. The molecule has 1 fully saturated rings. The Labute approximate surface area is 115 Å². The van der Waals surface area contributed by atoms with Gasteiger partial charge in [0.05, 0.1) is 0 Å². The van der Waals surface area contributed by atoms with E-state index in [9.17, 15) is 4.79 Å². The number of rotatable bonds is 4. The van der Waals surface area contributed by atoms with Crippen molar-refractivity contribution in [1.82, 2.24) is 4.90 Å². The second-order valence-electron chi connectivity index (χ2n) is 5.57. The lowest BCUT2D eigenvalue weighted by Crippen LogP contribution is -2.36. The van der Waals surface area contributed by atoms with E-state index in [0.717, 1.165) is 25.2 Å². The van der Waals surface area contributed by atoms with Gasteiger partial charge in [-0.1, -0.05) is 12.1 Å². The molecule has 1 aromatic carbocycles. The van der Waals surface area contributed by atoms with Crippen LogP contribution in [0.25, 0.3) is 0 Å². The van der Waals surface area contributed by atoms with Gasteiger partial charge in [0.25, 0.3) is 0 Å². The molecule has 2 N–H and O–H groups in total. The Bertz CT molecular complexity index is 456. The molecule has 0 aromatic heterocycles. The molecular formula is C15H23N3O. The molecule has 0 spiro atoms. The van der Waals surface area contributed by atoms with Crippen LogP contribution in [-0.4, -0.2) is 36.1 Å². The number of carbonyl (C=O) groups is 1. The Hall–Kier alpha value is -1.55. The third-order valence-electron chi connectivity index (χ3n) is 3.44. The van der Waals surface area contributed by atoms with Crippen molar-refractivity contribution in [2.45, 2.75) is 39.3 Å². The Morgan fingerprint density at radius 3 is 2.58 bits per heavy atom. The zero-order valence-electron chi connectivity index (χ0n) is 12.0. The highest BCUT2D eigenvalue weighted by atomic mass is 16.2. The average molecular weight is 261 g/mol. The molecule has 1 unspecified atom stereocenters. The molecule has 19 heavy (non-hydrogen) atoms. The first-order valence-corrected chi connectivity index (χ1v) is 6.91. The van der Waals surface area contributed by atoms with Crippen LogP contribution in [0, 0.1) is 0 Å². The average Bonchev–Trinajstić information content (AvgIpc) is 2.70. The highest BCUT2D eigenvalue weighted by Crippen LogP contribution is 2.23. The maximum atomic E-state index is 12.3. The molecule has 1 aliphatic heterocycles. The van der Waals surface area contributed by atoms with Crippen molar-refractivity contribution in [1.29, 1.82) is 0 Å². The maximum Gasteiger partial charge on any atom is 0.324 e. The Kier molecular flexibility index (Phi) is 4.10. The number of benzene rings is 1. The van der Waals surface area contributed by atoms with E-state index >= 15 is 0 Å². The molecule has 104 valence electrons. The van der Waals surface area contributed by atoms with Crippen molar-refractivity contribution in [3.8, 4) is 0 Å². The largest absolute Gasteiger partial charge is 0.328 e. The van der Waals surface area contributed by atoms with Crippen molar-refractivity contribution in [2.24, 2.45) is 5.73 Å². The fourth-order valence-corrected chi connectivity index (χ4v) is 2.50. The molecular weight excluding hydrogens is 238 g/mol. The highest BCUT2D eigenvalue weighted by molar-refractivity contribution is 5.94. The molecule has 1 saturated heterocycles. The molecule has 1 aromatic rings. The molecule has 0 aliphatic carbocycles. The van der Waals surface area contributed by atoms with Gasteiger partial charge in [-0.3, -0.25) is 4.90 Å². The standard InChI is InChI=1S/C15H23N3O/c1-11(2)17-7-8-18(15(17)19)14-6-4-5-13(10-14)9-12(3)16/h4-6,10-12H,7-9,16H2,1-3H3. The Morgan fingerprint density at radius 1 is 1.26 bits per heavy atom. The first-order chi connectivity index (χ1) is 8.99. The van der Waals surface area contributed by atoms with Crippen LogP contribution in [-0.2, 0) is 6.42 Å². The van der Waals surface area contributed by atoms with Crippen LogP contribution in [0.2, 0.25) is 0 Å². The van der Waals surface area contributed by atoms with Crippen LogP contribution >= 0.6 is 0 Å². The van der Waals surface area contributed by atoms with Crippen LogP contribution in [0.5, 0.6) is 0 Å². The van der Waals surface area contributed by atoms with E-state index in [1.165, 1.54) is 5.56 Å². The molecule has 1 aliphatic rings. The fourth-order valence-electron chi connectivity index (χ4n) is 2.50. The maximum absolute atomic E-state index is 12.3. The second kappa shape index (κ2) is 5.61. The van der Waals surface area contributed by atoms with Gasteiger partial charge in [0.1, 0.15) is 0 Å². The second-order valence-corrected chi connectivity index (χ2v) is 5.57. The van der Waals surface area contributed by atoms with Crippen molar-refractivity contribution < 1.29 is 4.79 Å². The van der Waals surface area contributed by atoms with Crippen molar-refractivity contribution in [3.05, 3.63) is 29.8 Å². The van der Waals surface area contributed by atoms with Gasteiger partial charge in [0, 0.05) is 30.9 Å². The van der Waals surface area contributed by atoms with Gasteiger partial charge in [0.2, 0.25) is 0 Å². The van der Waals surface area contributed by atoms with E-state index in [0.29, 0.717) is 0 Å². The van der Waals surface area contributed by atoms with Crippen LogP contribution in [0.3, 0.4) is 0 Å². The molecule has 2 amide bonds. The van der Waals surface area contributed by atoms with Gasteiger partial charge in [-0.15, -0.1) is 0 Å². The summed E-state index contributed by atoms with van der Waals surface area (Å²) >= 11 is 0. The van der Waals surface area contributed by atoms with Gasteiger partial charge >= 0.3 is 6.03 Å². The monoisotopic (exact) mass is 261 g/mol. The number of amides is 2. The fraction of sp³-hybridized carbons (Fsp3) is 0.533. The Balaban J connectivity index is 2.17. The van der Waals surface area contributed by atoms with Crippen LogP contribution in [0.1, 0.15) is 26.3 Å². The van der Waals surface area contributed by atoms with Gasteiger partial charge in [0.15, 0.2) is 0 Å². The third kappa shape index (κ3) is 3.07. The summed E-state index contributed by atoms with van der Waals surface area (Å²) < 4.78 is 0. The van der Waals surface area contributed by atoms with Gasteiger partial charge in [-0.2, -0.15) is 0 Å². The first-order valence-electron chi connectivity index (χ1n) is 6.91. The van der Waals surface area contributed by atoms with E-state index in [1.807, 2.05) is 42.7 Å². The highest BCUT2D eigenvalue weighted by Gasteiger charge is 2.30. The third-order valence-corrected chi connectivity index (χ3v) is 3.44. The molecule has 0 bridgehead atoms. The van der Waals surface area contributed by atoms with Crippen LogP contribution in [0.4, 0.5) is 10.5 Å². The summed E-state index contributed by atoms with van der Waals surface area (Å²) in [6, 6.07) is 8.62. The van der Waals surface area contributed by atoms with Gasteiger partial charge < -0.3 is 10.6 Å². The number of anilines is 1. The summed E-state index contributed by atoms with van der Waals surface area (Å²) in [5.74, 6) is 0. The predicted molar refractivity (Wildman–Crippen MR) is 78.4 cm³/mol. The molecule has 2 rings (SSSR count). The van der Waals surface area contributed by atoms with Gasteiger partial charge in [-0.25, -0.2) is 4.79 Å². The lowest BCUT2D eigenvalue weighted by Gasteiger charge is -2.22. The number of hydrogen-bond acceptors (Lipinski definition) is 2. The Morgan fingerprint density at radius 2 is 2.00 bits per heavy atom. The molecule has 4 nitrogen and oxygen atoms in total. The van der Waals surface area contributed by atoms with Crippen molar-refractivity contribution in [3.63, 3.8) is 0 Å². The number of nitrogens with two attached hydrogens (primary N) is 1. The zero-order valence-corrected chi connectivity index (χ0v) is 12.0. The van der Waals surface area contributed by atoms with Crippen LogP contribution < -0.4 is 10.6 Å². The van der Waals surface area contributed by atoms with Crippen LogP contribution in [0.15, 0.2) is 24.3 Å². The molecule has 1 atom stereocenters. The normalized spacial score (nSPS) is 17.4. The summed E-state index contributed by atoms with van der Waals surface area (Å²) in [6.45, 7) is 7.66. The summed E-state index contributed by atoms with van der Waals surface area (Å²) in [7, 11) is 0. The summed E-state index contributed by atoms with van der Waals surface area (Å²) in [4.78, 5) is 16.1. The number of nitrogens with zero attached hydrogens (tertiary/aromatic N) is 2. The predicted octanol–water partition coefficient (Wildman–Crippen LogP) is 2.23. The van der Waals surface area contributed by atoms with Crippen molar-refractivity contribution >= 4 is 11.7 Å². The minimum absolute atomic E-state index is 0.105. The van der Waals surface area contributed by atoms with E-state index < -0.39 is 0 Å². The number of hydrogen-bond donors (Lipinski definition) is 1. The minimum atomic E-state index is 0.105. The first kappa shape index (κ1) is 13.9. The van der Waals surface area contributed by atoms with Crippen molar-refractivity contribution in [2.75, 3.05) is 18.0 Å². The number of urea groups is 1. The minimum Gasteiger partial charge on any atom is -0.328 e.